The molecule has 134 valence electrons. The molecule has 7 heteroatoms. The Balaban J connectivity index is 1.42. The molecule has 0 spiro atoms. The monoisotopic (exact) mass is 385 g/mol. The Kier molecular flexibility index (Phi) is 5.10. The van der Waals surface area contributed by atoms with E-state index in [0.717, 1.165) is 34.8 Å². The van der Waals surface area contributed by atoms with Crippen LogP contribution in [0.1, 0.15) is 29.6 Å². The Labute approximate surface area is 159 Å². The van der Waals surface area contributed by atoms with Gasteiger partial charge in [0.15, 0.2) is 0 Å². The lowest BCUT2D eigenvalue weighted by atomic mass is 10.2. The number of aromatic nitrogens is 1. The molecule has 1 fully saturated rings. The van der Waals surface area contributed by atoms with Gasteiger partial charge in [0, 0.05) is 29.2 Å². The number of hydrogen-bond acceptors (Lipinski definition) is 5. The number of rotatable bonds is 4. The maximum Gasteiger partial charge on any atom is 0.305 e. The summed E-state index contributed by atoms with van der Waals surface area (Å²) in [5.41, 5.74) is 1.98. The highest BCUT2D eigenvalue weighted by Crippen LogP contribution is 2.27. The summed E-state index contributed by atoms with van der Waals surface area (Å²) < 4.78 is 3.25. The molecule has 0 radical (unpaired) electrons. The first-order valence-electron chi connectivity index (χ1n) is 8.65. The summed E-state index contributed by atoms with van der Waals surface area (Å²) in [5, 5.41) is 2.91. The third-order valence-electron chi connectivity index (χ3n) is 4.34. The summed E-state index contributed by atoms with van der Waals surface area (Å²) >= 11 is 2.92. The number of hydrogen-bond donors (Lipinski definition) is 2. The third-order valence-corrected chi connectivity index (χ3v) is 6.31. The van der Waals surface area contributed by atoms with E-state index in [-0.39, 0.29) is 10.8 Å². The highest BCUT2D eigenvalue weighted by atomic mass is 32.2. The van der Waals surface area contributed by atoms with Crippen LogP contribution in [0, 0.1) is 0 Å². The van der Waals surface area contributed by atoms with Gasteiger partial charge < -0.3 is 10.3 Å². The van der Waals surface area contributed by atoms with Crippen LogP contribution in [0.25, 0.3) is 10.2 Å². The van der Waals surface area contributed by atoms with E-state index in [1.165, 1.54) is 24.2 Å². The third kappa shape index (κ3) is 4.00. The summed E-state index contributed by atoms with van der Waals surface area (Å²) in [4.78, 5) is 27.7. The molecule has 4 rings (SSSR count). The normalized spacial score (nSPS) is 15.2. The van der Waals surface area contributed by atoms with E-state index in [1.54, 1.807) is 30.1 Å². The van der Waals surface area contributed by atoms with E-state index in [2.05, 4.69) is 14.6 Å². The van der Waals surface area contributed by atoms with Crippen molar-refractivity contribution in [1.29, 1.82) is 0 Å². The molecule has 1 aliphatic rings. The number of nitrogens with zero attached hydrogens (tertiary/aromatic N) is 1. The van der Waals surface area contributed by atoms with Gasteiger partial charge in [0.05, 0.1) is 10.2 Å². The second-order valence-corrected chi connectivity index (χ2v) is 8.47. The maximum absolute atomic E-state index is 12.5. The minimum Gasteiger partial charge on any atom is -0.322 e. The van der Waals surface area contributed by atoms with Crippen LogP contribution in [0.15, 0.2) is 52.2 Å². The molecule has 3 aromatic rings. The number of piperidine rings is 1. The van der Waals surface area contributed by atoms with E-state index in [9.17, 15) is 9.59 Å². The Bertz CT molecular complexity index is 972. The first kappa shape index (κ1) is 17.3. The van der Waals surface area contributed by atoms with Crippen molar-refractivity contribution in [2.75, 3.05) is 18.4 Å². The van der Waals surface area contributed by atoms with Gasteiger partial charge in [-0.15, -0.1) is 0 Å². The number of anilines is 1. The SMILES string of the molecule is O=C(Nc1ccc(SN2CCCCC2)cc1)c1ccc2sc(=O)[nH]c2c1. The van der Waals surface area contributed by atoms with Gasteiger partial charge in [-0.3, -0.25) is 9.59 Å². The van der Waals surface area contributed by atoms with Gasteiger partial charge in [0.25, 0.3) is 5.91 Å². The van der Waals surface area contributed by atoms with Crippen molar-refractivity contribution in [1.82, 2.24) is 9.29 Å². The van der Waals surface area contributed by atoms with Crippen LogP contribution in [0.4, 0.5) is 5.69 Å². The van der Waals surface area contributed by atoms with Crippen molar-refractivity contribution >= 4 is 45.1 Å². The molecule has 0 bridgehead atoms. The molecule has 1 aliphatic heterocycles. The number of amides is 1. The van der Waals surface area contributed by atoms with Gasteiger partial charge in [-0.05, 0) is 67.3 Å². The number of nitrogens with one attached hydrogen (secondary N) is 2. The van der Waals surface area contributed by atoms with Gasteiger partial charge in [0.1, 0.15) is 0 Å². The molecular weight excluding hydrogens is 366 g/mol. The van der Waals surface area contributed by atoms with Crippen molar-refractivity contribution < 1.29 is 4.79 Å². The first-order chi connectivity index (χ1) is 12.7. The van der Waals surface area contributed by atoms with E-state index in [0.29, 0.717) is 11.1 Å². The number of H-pyrrole nitrogens is 1. The van der Waals surface area contributed by atoms with Crippen molar-refractivity contribution in [2.45, 2.75) is 24.2 Å². The molecule has 0 atom stereocenters. The highest BCUT2D eigenvalue weighted by Gasteiger charge is 2.12. The molecule has 1 saturated heterocycles. The summed E-state index contributed by atoms with van der Waals surface area (Å²) in [6.45, 7) is 2.27. The molecule has 0 unspecified atom stereocenters. The van der Waals surface area contributed by atoms with E-state index < -0.39 is 0 Å². The average molecular weight is 386 g/mol. The Morgan fingerprint density at radius 2 is 1.85 bits per heavy atom. The van der Waals surface area contributed by atoms with Crippen LogP contribution in [-0.4, -0.2) is 28.3 Å². The Morgan fingerprint density at radius 3 is 2.62 bits per heavy atom. The summed E-state index contributed by atoms with van der Waals surface area (Å²) in [6, 6.07) is 13.2. The quantitative estimate of drug-likeness (QED) is 0.656. The fourth-order valence-electron chi connectivity index (χ4n) is 3.00. The van der Waals surface area contributed by atoms with Crippen molar-refractivity contribution in [3.8, 4) is 0 Å². The lowest BCUT2D eigenvalue weighted by Crippen LogP contribution is -2.22. The van der Waals surface area contributed by atoms with Gasteiger partial charge in [-0.1, -0.05) is 17.8 Å². The smallest absolute Gasteiger partial charge is 0.305 e. The van der Waals surface area contributed by atoms with Gasteiger partial charge in [-0.25, -0.2) is 4.31 Å². The van der Waals surface area contributed by atoms with Gasteiger partial charge in [0.2, 0.25) is 0 Å². The molecule has 2 aromatic carbocycles. The average Bonchev–Trinajstić information content (AvgIpc) is 3.03. The van der Waals surface area contributed by atoms with Crippen LogP contribution in [-0.2, 0) is 0 Å². The van der Waals surface area contributed by atoms with E-state index in [1.807, 2.05) is 24.3 Å². The number of fused-ring (bicyclic) bond motifs is 1. The van der Waals surface area contributed by atoms with E-state index in [4.69, 9.17) is 0 Å². The van der Waals surface area contributed by atoms with E-state index >= 15 is 0 Å². The zero-order valence-electron chi connectivity index (χ0n) is 14.2. The fraction of sp³-hybridized carbons (Fsp3) is 0.263. The topological polar surface area (TPSA) is 65.2 Å². The molecule has 1 amide bonds. The number of carbonyl (C=O) groups is 1. The Morgan fingerprint density at radius 1 is 1.08 bits per heavy atom. The van der Waals surface area contributed by atoms with Crippen LogP contribution in [0.3, 0.4) is 0 Å². The summed E-state index contributed by atoms with van der Waals surface area (Å²) in [7, 11) is 0. The lowest BCUT2D eigenvalue weighted by Gasteiger charge is -2.25. The van der Waals surface area contributed by atoms with Gasteiger partial charge in [-0.2, -0.15) is 0 Å². The predicted molar refractivity (Wildman–Crippen MR) is 108 cm³/mol. The number of aromatic amines is 1. The standard InChI is InChI=1S/C19H19N3O2S2/c23-18(13-4-9-17-16(12-13)21-19(24)25-17)20-14-5-7-15(8-6-14)26-22-10-2-1-3-11-22/h4-9,12H,1-3,10-11H2,(H,20,23)(H,21,24). The number of benzene rings is 2. The molecule has 2 N–H and O–H groups in total. The van der Waals surface area contributed by atoms with Crippen LogP contribution in [0.2, 0.25) is 0 Å². The summed E-state index contributed by atoms with van der Waals surface area (Å²) in [5.74, 6) is -0.185. The molecule has 0 saturated carbocycles. The van der Waals surface area contributed by atoms with Crippen molar-refractivity contribution in [3.63, 3.8) is 0 Å². The largest absolute Gasteiger partial charge is 0.322 e. The Hall–Kier alpha value is -2.09. The number of thiazole rings is 1. The second-order valence-electron chi connectivity index (χ2n) is 6.28. The minimum atomic E-state index is -0.185. The highest BCUT2D eigenvalue weighted by molar-refractivity contribution is 7.97. The zero-order valence-corrected chi connectivity index (χ0v) is 15.8. The predicted octanol–water partition coefficient (Wildman–Crippen LogP) is 4.33. The maximum atomic E-state index is 12.5. The van der Waals surface area contributed by atoms with Gasteiger partial charge >= 0.3 is 4.87 Å². The summed E-state index contributed by atoms with van der Waals surface area (Å²) in [6.07, 6.45) is 3.86. The molecular formula is C19H19N3O2S2. The van der Waals surface area contributed by atoms with Crippen molar-refractivity contribution in [2.24, 2.45) is 0 Å². The zero-order chi connectivity index (χ0) is 17.9. The molecule has 0 aliphatic carbocycles. The van der Waals surface area contributed by atoms with Crippen LogP contribution >= 0.6 is 23.3 Å². The first-order valence-corrected chi connectivity index (χ1v) is 10.2. The molecule has 5 nitrogen and oxygen atoms in total. The molecule has 2 heterocycles. The van der Waals surface area contributed by atoms with Crippen LogP contribution in [0.5, 0.6) is 0 Å². The number of carbonyl (C=O) groups excluding carboxylic acids is 1. The molecule has 1 aromatic heterocycles. The lowest BCUT2D eigenvalue weighted by molar-refractivity contribution is 0.102. The molecule has 26 heavy (non-hydrogen) atoms. The minimum absolute atomic E-state index is 0.112. The van der Waals surface area contributed by atoms with Crippen molar-refractivity contribution in [3.05, 3.63) is 57.7 Å². The second kappa shape index (κ2) is 7.65. The fourth-order valence-corrected chi connectivity index (χ4v) is 4.71. The van der Waals surface area contributed by atoms with Crippen LogP contribution < -0.4 is 10.2 Å².